The van der Waals surface area contributed by atoms with Crippen LogP contribution in [0.2, 0.25) is 0 Å². The van der Waals surface area contributed by atoms with Gasteiger partial charge in [-0.3, -0.25) is 9.88 Å². The Labute approximate surface area is 148 Å². The van der Waals surface area contributed by atoms with Crippen molar-refractivity contribution in [3.05, 3.63) is 84.2 Å². The van der Waals surface area contributed by atoms with Crippen molar-refractivity contribution in [3.8, 4) is 0 Å². The minimum absolute atomic E-state index is 0.570. The molecular weight excluding hydrogens is 304 g/mol. The van der Waals surface area contributed by atoms with Gasteiger partial charge in [-0.05, 0) is 47.4 Å². The van der Waals surface area contributed by atoms with Crippen molar-refractivity contribution in [1.29, 1.82) is 0 Å². The Balaban J connectivity index is 1.48. The van der Waals surface area contributed by atoms with Crippen molar-refractivity contribution in [1.82, 2.24) is 9.88 Å². The fourth-order valence-corrected chi connectivity index (χ4v) is 4.55. The lowest BCUT2D eigenvalue weighted by Gasteiger charge is -2.34. The van der Waals surface area contributed by atoms with E-state index in [9.17, 15) is 0 Å². The normalized spacial score (nSPS) is 23.0. The molecule has 3 heterocycles. The van der Waals surface area contributed by atoms with E-state index in [0.717, 1.165) is 13.0 Å². The smallest absolute Gasteiger partial charge is 0.0352 e. The first-order valence-electron chi connectivity index (χ1n) is 9.22. The van der Waals surface area contributed by atoms with Crippen LogP contribution in [-0.4, -0.2) is 22.0 Å². The summed E-state index contributed by atoms with van der Waals surface area (Å²) in [4.78, 5) is 7.05. The maximum absolute atomic E-state index is 4.36. The zero-order valence-electron chi connectivity index (χ0n) is 14.3. The second kappa shape index (κ2) is 6.12. The molecule has 0 spiro atoms. The lowest BCUT2D eigenvalue weighted by Crippen LogP contribution is -2.37. The summed E-state index contributed by atoms with van der Waals surface area (Å²) >= 11 is 0. The fourth-order valence-electron chi connectivity index (χ4n) is 4.55. The molecule has 0 N–H and O–H groups in total. The van der Waals surface area contributed by atoms with Crippen molar-refractivity contribution in [3.63, 3.8) is 0 Å². The molecule has 124 valence electrons. The Hall–Kier alpha value is -2.45. The molecule has 5 rings (SSSR count). The standard InChI is InChI=1S/C23H22N2/c1-2-5-17(6-3-1)16-25-20-9-10-21(25)14-19(13-20)22-8-4-7-18-11-12-24-15-23(18)22/h1-8,11-13,15,20-21H,9-10,14,16H2. The van der Waals surface area contributed by atoms with Gasteiger partial charge in [-0.15, -0.1) is 0 Å². The Kier molecular flexibility index (Phi) is 3.64. The van der Waals surface area contributed by atoms with Crippen LogP contribution in [0.3, 0.4) is 0 Å². The third kappa shape index (κ3) is 2.67. The maximum atomic E-state index is 4.36. The number of aromatic nitrogens is 1. The van der Waals surface area contributed by atoms with Crippen LogP contribution in [0, 0.1) is 0 Å². The molecule has 2 aliphatic rings. The van der Waals surface area contributed by atoms with Crippen molar-refractivity contribution >= 4 is 16.3 Å². The topological polar surface area (TPSA) is 16.1 Å². The average molecular weight is 326 g/mol. The van der Waals surface area contributed by atoms with Gasteiger partial charge < -0.3 is 0 Å². The van der Waals surface area contributed by atoms with Gasteiger partial charge >= 0.3 is 0 Å². The highest BCUT2D eigenvalue weighted by atomic mass is 15.2. The summed E-state index contributed by atoms with van der Waals surface area (Å²) in [5, 5.41) is 2.57. The summed E-state index contributed by atoms with van der Waals surface area (Å²) in [6.45, 7) is 1.07. The van der Waals surface area contributed by atoms with Crippen LogP contribution >= 0.6 is 0 Å². The van der Waals surface area contributed by atoms with Crippen LogP contribution in [0.4, 0.5) is 0 Å². The quantitative estimate of drug-likeness (QED) is 0.669. The molecule has 0 radical (unpaired) electrons. The van der Waals surface area contributed by atoms with Crippen LogP contribution in [-0.2, 0) is 6.54 Å². The predicted molar refractivity (Wildman–Crippen MR) is 103 cm³/mol. The second-order valence-electron chi connectivity index (χ2n) is 7.25. The van der Waals surface area contributed by atoms with Gasteiger partial charge in [-0.1, -0.05) is 54.6 Å². The van der Waals surface area contributed by atoms with Gasteiger partial charge in [0.05, 0.1) is 0 Å². The molecule has 2 aromatic carbocycles. The summed E-state index contributed by atoms with van der Waals surface area (Å²) in [6, 6.07) is 20.8. The Bertz CT molecular complexity index is 924. The van der Waals surface area contributed by atoms with Gasteiger partial charge in [0, 0.05) is 36.4 Å². The maximum Gasteiger partial charge on any atom is 0.0352 e. The zero-order valence-corrected chi connectivity index (χ0v) is 14.3. The molecular formula is C23H22N2. The first-order valence-corrected chi connectivity index (χ1v) is 9.22. The lowest BCUT2D eigenvalue weighted by molar-refractivity contribution is 0.203. The summed E-state index contributed by atoms with van der Waals surface area (Å²) in [6.07, 6.45) is 10.2. The summed E-state index contributed by atoms with van der Waals surface area (Å²) in [5.41, 5.74) is 4.31. The summed E-state index contributed by atoms with van der Waals surface area (Å²) in [7, 11) is 0. The third-order valence-electron chi connectivity index (χ3n) is 5.78. The van der Waals surface area contributed by atoms with E-state index >= 15 is 0 Å². The monoisotopic (exact) mass is 326 g/mol. The number of pyridine rings is 1. The van der Waals surface area contributed by atoms with Crippen molar-refractivity contribution in [2.75, 3.05) is 0 Å². The van der Waals surface area contributed by atoms with E-state index in [-0.39, 0.29) is 0 Å². The van der Waals surface area contributed by atoms with Crippen LogP contribution < -0.4 is 0 Å². The first kappa shape index (κ1) is 14.9. The van der Waals surface area contributed by atoms with Crippen LogP contribution in [0.25, 0.3) is 16.3 Å². The van der Waals surface area contributed by atoms with Gasteiger partial charge in [0.15, 0.2) is 0 Å². The largest absolute Gasteiger partial charge is 0.289 e. The molecule has 1 fully saturated rings. The Morgan fingerprint density at radius 1 is 0.960 bits per heavy atom. The molecule has 0 amide bonds. The number of hydrogen-bond donors (Lipinski definition) is 0. The number of benzene rings is 2. The molecule has 2 unspecified atom stereocenters. The van der Waals surface area contributed by atoms with E-state index in [2.05, 4.69) is 70.6 Å². The van der Waals surface area contributed by atoms with Gasteiger partial charge in [-0.2, -0.15) is 0 Å². The SMILES string of the molecule is C1=C(c2cccc3ccncc23)CC2CCC1N2Cc1ccccc1. The van der Waals surface area contributed by atoms with Gasteiger partial charge in [0.1, 0.15) is 0 Å². The van der Waals surface area contributed by atoms with Crippen LogP contribution in [0.1, 0.15) is 30.4 Å². The van der Waals surface area contributed by atoms with E-state index in [1.54, 1.807) is 0 Å². The highest BCUT2D eigenvalue weighted by molar-refractivity contribution is 5.93. The summed E-state index contributed by atoms with van der Waals surface area (Å²) in [5.74, 6) is 0. The summed E-state index contributed by atoms with van der Waals surface area (Å²) < 4.78 is 0. The molecule has 1 saturated heterocycles. The minimum Gasteiger partial charge on any atom is -0.289 e. The number of nitrogens with zero attached hydrogens (tertiary/aromatic N) is 2. The minimum atomic E-state index is 0.570. The second-order valence-corrected chi connectivity index (χ2v) is 7.25. The lowest BCUT2D eigenvalue weighted by atomic mass is 9.91. The van der Waals surface area contributed by atoms with Crippen LogP contribution in [0.15, 0.2) is 73.1 Å². The molecule has 1 aromatic heterocycles. The fraction of sp³-hybridized carbons (Fsp3) is 0.261. The van der Waals surface area contributed by atoms with Crippen molar-refractivity contribution < 1.29 is 0 Å². The van der Waals surface area contributed by atoms with E-state index in [1.807, 2.05) is 12.4 Å². The highest BCUT2D eigenvalue weighted by Crippen LogP contribution is 2.40. The van der Waals surface area contributed by atoms with Gasteiger partial charge in [0.2, 0.25) is 0 Å². The molecule has 2 nitrogen and oxygen atoms in total. The predicted octanol–water partition coefficient (Wildman–Crippen LogP) is 5.06. The van der Waals surface area contributed by atoms with Gasteiger partial charge in [0.25, 0.3) is 0 Å². The first-order chi connectivity index (χ1) is 12.4. The molecule has 3 aromatic rings. The van der Waals surface area contributed by atoms with E-state index < -0.39 is 0 Å². The van der Waals surface area contributed by atoms with Crippen molar-refractivity contribution in [2.24, 2.45) is 0 Å². The molecule has 2 heteroatoms. The molecule has 2 atom stereocenters. The third-order valence-corrected chi connectivity index (χ3v) is 5.78. The number of fused-ring (bicyclic) bond motifs is 3. The van der Waals surface area contributed by atoms with Crippen molar-refractivity contribution in [2.45, 2.75) is 37.9 Å². The molecule has 0 aliphatic carbocycles. The number of rotatable bonds is 3. The average Bonchev–Trinajstić information content (AvgIpc) is 2.90. The molecule has 2 bridgehead atoms. The van der Waals surface area contributed by atoms with Gasteiger partial charge in [-0.25, -0.2) is 0 Å². The molecule has 2 aliphatic heterocycles. The molecule has 0 saturated carbocycles. The zero-order chi connectivity index (χ0) is 16.6. The molecule has 25 heavy (non-hydrogen) atoms. The van der Waals surface area contributed by atoms with E-state index in [0.29, 0.717) is 12.1 Å². The Morgan fingerprint density at radius 2 is 1.88 bits per heavy atom. The van der Waals surface area contributed by atoms with E-state index in [4.69, 9.17) is 0 Å². The Morgan fingerprint density at radius 3 is 2.76 bits per heavy atom. The van der Waals surface area contributed by atoms with Crippen LogP contribution in [0.5, 0.6) is 0 Å². The number of hydrogen-bond acceptors (Lipinski definition) is 2. The highest BCUT2D eigenvalue weighted by Gasteiger charge is 2.36. The van der Waals surface area contributed by atoms with E-state index in [1.165, 1.54) is 40.3 Å².